The van der Waals surface area contributed by atoms with E-state index >= 15 is 0 Å². The van der Waals surface area contributed by atoms with Crippen LogP contribution >= 0.6 is 11.3 Å². The van der Waals surface area contributed by atoms with E-state index in [1.807, 2.05) is 0 Å². The molecule has 8 heteroatoms. The van der Waals surface area contributed by atoms with E-state index in [0.717, 1.165) is 17.7 Å². The summed E-state index contributed by atoms with van der Waals surface area (Å²) in [7, 11) is 0. The van der Waals surface area contributed by atoms with Crippen molar-refractivity contribution in [3.63, 3.8) is 0 Å². The third kappa shape index (κ3) is 4.42. The molecule has 128 valence electrons. The Morgan fingerprint density at radius 1 is 1.08 bits per heavy atom. The number of hydrogen-bond acceptors (Lipinski definition) is 4. The van der Waals surface area contributed by atoms with Crippen LogP contribution in [0.2, 0.25) is 0 Å². The van der Waals surface area contributed by atoms with Crippen LogP contribution in [0.25, 0.3) is 11.3 Å². The van der Waals surface area contributed by atoms with Gasteiger partial charge in [-0.3, -0.25) is 5.43 Å². The predicted molar refractivity (Wildman–Crippen MR) is 90.2 cm³/mol. The summed E-state index contributed by atoms with van der Waals surface area (Å²) in [6.45, 7) is 0. The van der Waals surface area contributed by atoms with Crippen LogP contribution in [-0.4, -0.2) is 11.2 Å². The summed E-state index contributed by atoms with van der Waals surface area (Å²) in [5, 5.41) is 6.15. The Bertz CT molecular complexity index is 885. The summed E-state index contributed by atoms with van der Waals surface area (Å²) in [5.74, 6) is -0.331. The first kappa shape index (κ1) is 17.1. The molecule has 1 heterocycles. The molecule has 0 radical (unpaired) electrons. The standard InChI is InChI=1S/C17H11F4N3S/c18-14-6-4-12(5-7-14)15-10-25-16(23-15)24-22-9-11-2-1-3-13(8-11)17(19,20)21/h1-10H,(H,23,24)/b22-9-. The molecular formula is C17H11F4N3S. The van der Waals surface area contributed by atoms with Crippen LogP contribution in [0.15, 0.2) is 59.0 Å². The van der Waals surface area contributed by atoms with Gasteiger partial charge in [-0.25, -0.2) is 9.37 Å². The molecule has 2 aromatic carbocycles. The lowest BCUT2D eigenvalue weighted by atomic mass is 10.1. The second-order valence-electron chi connectivity index (χ2n) is 5.04. The van der Waals surface area contributed by atoms with Crippen molar-refractivity contribution >= 4 is 22.7 Å². The monoisotopic (exact) mass is 365 g/mol. The molecule has 0 fully saturated rings. The molecular weight excluding hydrogens is 354 g/mol. The molecule has 0 bridgehead atoms. The SMILES string of the molecule is Fc1ccc(-c2csc(N/N=C\c3cccc(C(F)(F)F)c3)n2)cc1. The summed E-state index contributed by atoms with van der Waals surface area (Å²) in [5.41, 5.74) is 3.67. The first-order valence-electron chi connectivity index (χ1n) is 7.09. The zero-order chi connectivity index (χ0) is 17.9. The van der Waals surface area contributed by atoms with Crippen molar-refractivity contribution in [1.29, 1.82) is 0 Å². The maximum absolute atomic E-state index is 12.9. The van der Waals surface area contributed by atoms with Gasteiger partial charge in [-0.2, -0.15) is 18.3 Å². The molecule has 0 amide bonds. The van der Waals surface area contributed by atoms with Gasteiger partial charge in [0.15, 0.2) is 0 Å². The van der Waals surface area contributed by atoms with E-state index < -0.39 is 11.7 Å². The maximum atomic E-state index is 12.9. The lowest BCUT2D eigenvalue weighted by Gasteiger charge is -2.06. The zero-order valence-electron chi connectivity index (χ0n) is 12.6. The molecule has 0 aliphatic heterocycles. The summed E-state index contributed by atoms with van der Waals surface area (Å²) in [4.78, 5) is 4.29. The van der Waals surface area contributed by atoms with Gasteiger partial charge >= 0.3 is 6.18 Å². The first-order chi connectivity index (χ1) is 11.9. The minimum absolute atomic E-state index is 0.317. The van der Waals surface area contributed by atoms with Gasteiger partial charge in [0.25, 0.3) is 0 Å². The molecule has 1 N–H and O–H groups in total. The molecule has 1 aromatic heterocycles. The number of benzene rings is 2. The van der Waals surface area contributed by atoms with Gasteiger partial charge in [-0.15, -0.1) is 11.3 Å². The molecule has 0 aliphatic carbocycles. The molecule has 3 aromatic rings. The Labute approximate surface area is 144 Å². The van der Waals surface area contributed by atoms with E-state index in [-0.39, 0.29) is 5.82 Å². The highest BCUT2D eigenvalue weighted by atomic mass is 32.1. The molecule has 25 heavy (non-hydrogen) atoms. The van der Waals surface area contributed by atoms with Gasteiger partial charge < -0.3 is 0 Å². The summed E-state index contributed by atoms with van der Waals surface area (Å²) in [6, 6.07) is 10.8. The van der Waals surface area contributed by atoms with Crippen LogP contribution in [0.3, 0.4) is 0 Å². The van der Waals surface area contributed by atoms with Gasteiger partial charge in [0.2, 0.25) is 5.13 Å². The number of anilines is 1. The van der Waals surface area contributed by atoms with Crippen LogP contribution < -0.4 is 5.43 Å². The van der Waals surface area contributed by atoms with E-state index in [1.165, 1.54) is 41.8 Å². The van der Waals surface area contributed by atoms with Crippen LogP contribution in [-0.2, 0) is 6.18 Å². The largest absolute Gasteiger partial charge is 0.416 e. The molecule has 3 rings (SSSR count). The molecule has 0 atom stereocenters. The number of aromatic nitrogens is 1. The summed E-state index contributed by atoms with van der Waals surface area (Å²) < 4.78 is 50.9. The highest BCUT2D eigenvalue weighted by molar-refractivity contribution is 7.14. The van der Waals surface area contributed by atoms with Crippen LogP contribution in [0.4, 0.5) is 22.7 Å². The average Bonchev–Trinajstić information content (AvgIpc) is 3.04. The Balaban J connectivity index is 1.68. The Kier molecular flexibility index (Phi) is 4.80. The maximum Gasteiger partial charge on any atom is 0.416 e. The fourth-order valence-electron chi connectivity index (χ4n) is 2.04. The second kappa shape index (κ2) is 7.02. The molecule has 0 aliphatic rings. The molecule has 3 nitrogen and oxygen atoms in total. The minimum atomic E-state index is -4.39. The number of thiazole rings is 1. The third-order valence-corrected chi connectivity index (χ3v) is 3.98. The first-order valence-corrected chi connectivity index (χ1v) is 7.97. The van der Waals surface area contributed by atoms with E-state index in [9.17, 15) is 17.6 Å². The quantitative estimate of drug-likeness (QED) is 0.381. The van der Waals surface area contributed by atoms with Crippen LogP contribution in [0, 0.1) is 5.82 Å². The highest BCUT2D eigenvalue weighted by Gasteiger charge is 2.30. The molecule has 0 saturated carbocycles. The van der Waals surface area contributed by atoms with E-state index in [4.69, 9.17) is 0 Å². The molecule has 0 spiro atoms. The lowest BCUT2D eigenvalue weighted by molar-refractivity contribution is -0.137. The summed E-state index contributed by atoms with van der Waals surface area (Å²) >= 11 is 1.28. The Hall–Kier alpha value is -2.74. The molecule has 0 saturated heterocycles. The van der Waals surface area contributed by atoms with Gasteiger partial charge in [0.05, 0.1) is 17.5 Å². The topological polar surface area (TPSA) is 37.3 Å². The average molecular weight is 365 g/mol. The van der Waals surface area contributed by atoms with Crippen LogP contribution in [0.1, 0.15) is 11.1 Å². The zero-order valence-corrected chi connectivity index (χ0v) is 13.4. The van der Waals surface area contributed by atoms with Crippen molar-refractivity contribution in [2.75, 3.05) is 5.43 Å². The normalized spacial score (nSPS) is 11.8. The Morgan fingerprint density at radius 2 is 1.84 bits per heavy atom. The van der Waals surface area contributed by atoms with Crippen LogP contribution in [0.5, 0.6) is 0 Å². The number of hydrogen-bond donors (Lipinski definition) is 1. The number of rotatable bonds is 4. The van der Waals surface area contributed by atoms with Crippen molar-refractivity contribution in [2.24, 2.45) is 5.10 Å². The smallest absolute Gasteiger partial charge is 0.253 e. The van der Waals surface area contributed by atoms with Gasteiger partial charge in [-0.1, -0.05) is 12.1 Å². The van der Waals surface area contributed by atoms with E-state index in [0.29, 0.717) is 16.4 Å². The van der Waals surface area contributed by atoms with E-state index in [1.54, 1.807) is 17.5 Å². The van der Waals surface area contributed by atoms with Gasteiger partial charge in [0.1, 0.15) is 5.82 Å². The van der Waals surface area contributed by atoms with Gasteiger partial charge in [0, 0.05) is 10.9 Å². The third-order valence-electron chi connectivity index (χ3n) is 3.23. The number of nitrogens with one attached hydrogen (secondary N) is 1. The number of alkyl halides is 3. The summed E-state index contributed by atoms with van der Waals surface area (Å²) in [6.07, 6.45) is -3.11. The van der Waals surface area contributed by atoms with Crippen molar-refractivity contribution in [2.45, 2.75) is 6.18 Å². The van der Waals surface area contributed by atoms with Gasteiger partial charge in [-0.05, 0) is 42.0 Å². The van der Waals surface area contributed by atoms with Crippen molar-refractivity contribution < 1.29 is 17.6 Å². The minimum Gasteiger partial charge on any atom is -0.253 e. The lowest BCUT2D eigenvalue weighted by Crippen LogP contribution is -2.05. The second-order valence-corrected chi connectivity index (χ2v) is 5.90. The highest BCUT2D eigenvalue weighted by Crippen LogP contribution is 2.29. The van der Waals surface area contributed by atoms with Crippen molar-refractivity contribution in [3.05, 3.63) is 70.9 Å². The van der Waals surface area contributed by atoms with E-state index in [2.05, 4.69) is 15.5 Å². The predicted octanol–water partition coefficient (Wildman–Crippen LogP) is 5.41. The number of halogens is 4. The fourth-order valence-corrected chi connectivity index (χ4v) is 2.70. The van der Waals surface area contributed by atoms with Crippen molar-refractivity contribution in [3.8, 4) is 11.3 Å². The fraction of sp³-hybridized carbons (Fsp3) is 0.0588. The number of nitrogens with zero attached hydrogens (tertiary/aromatic N) is 2. The van der Waals surface area contributed by atoms with Crippen molar-refractivity contribution in [1.82, 2.24) is 4.98 Å². The molecule has 0 unspecified atom stereocenters. The Morgan fingerprint density at radius 3 is 2.56 bits per heavy atom. The number of hydrazone groups is 1.